The lowest BCUT2D eigenvalue weighted by Crippen LogP contribution is -2.42. The van der Waals surface area contributed by atoms with Crippen LogP contribution in [0.1, 0.15) is 5.56 Å². The van der Waals surface area contributed by atoms with E-state index >= 15 is 0 Å². The predicted molar refractivity (Wildman–Crippen MR) is 130 cm³/mol. The first-order valence-corrected chi connectivity index (χ1v) is 11.9. The first-order chi connectivity index (χ1) is 15.7. The van der Waals surface area contributed by atoms with Gasteiger partial charge in [0.15, 0.2) is 0 Å². The van der Waals surface area contributed by atoms with Gasteiger partial charge in [0, 0.05) is 43.3 Å². The third-order valence-corrected chi connectivity index (χ3v) is 7.06. The Morgan fingerprint density at radius 1 is 0.970 bits per heavy atom. The van der Waals surface area contributed by atoms with Crippen molar-refractivity contribution in [3.8, 4) is 11.1 Å². The molecule has 0 unspecified atom stereocenters. The van der Waals surface area contributed by atoms with Gasteiger partial charge in [0.2, 0.25) is 10.0 Å². The molecule has 3 aromatic carbocycles. The van der Waals surface area contributed by atoms with Gasteiger partial charge in [-0.15, -0.1) is 0 Å². The summed E-state index contributed by atoms with van der Waals surface area (Å²) in [6.45, 7) is 0. The summed E-state index contributed by atoms with van der Waals surface area (Å²) in [4.78, 5) is 16.9. The second-order valence-electron chi connectivity index (χ2n) is 8.04. The highest BCUT2D eigenvalue weighted by atomic mass is 32.2. The lowest BCUT2D eigenvalue weighted by Gasteiger charge is -2.15. The SMILES string of the molecule is CN(C)c1ccc(-c2ccc(S(=O)(=O)N[C@H](Cc3c[nH]c4ccccc34)C(=O)O)cc2)cc1. The highest BCUT2D eigenvalue weighted by Gasteiger charge is 2.26. The van der Waals surface area contributed by atoms with Crippen molar-refractivity contribution in [3.05, 3.63) is 84.6 Å². The summed E-state index contributed by atoms with van der Waals surface area (Å²) in [5, 5.41) is 10.5. The third-order valence-electron chi connectivity index (χ3n) is 5.58. The lowest BCUT2D eigenvalue weighted by molar-refractivity contribution is -0.138. The molecule has 7 nitrogen and oxygen atoms in total. The Labute approximate surface area is 192 Å². The highest BCUT2D eigenvalue weighted by molar-refractivity contribution is 7.89. The van der Waals surface area contributed by atoms with Crippen LogP contribution in [0.25, 0.3) is 22.0 Å². The molecule has 0 bridgehead atoms. The average Bonchev–Trinajstić information content (AvgIpc) is 3.21. The maximum absolute atomic E-state index is 12.9. The van der Waals surface area contributed by atoms with E-state index in [0.717, 1.165) is 33.3 Å². The zero-order valence-electron chi connectivity index (χ0n) is 18.3. The first kappa shape index (κ1) is 22.6. The zero-order chi connectivity index (χ0) is 23.6. The zero-order valence-corrected chi connectivity index (χ0v) is 19.1. The lowest BCUT2D eigenvalue weighted by atomic mass is 10.1. The van der Waals surface area contributed by atoms with E-state index in [1.54, 1.807) is 18.3 Å². The van der Waals surface area contributed by atoms with Crippen molar-refractivity contribution in [2.45, 2.75) is 17.4 Å². The van der Waals surface area contributed by atoms with Gasteiger partial charge in [-0.2, -0.15) is 4.72 Å². The molecule has 0 radical (unpaired) electrons. The number of benzene rings is 3. The van der Waals surface area contributed by atoms with Crippen molar-refractivity contribution in [2.24, 2.45) is 0 Å². The number of carboxylic acid groups (broad SMARTS) is 1. The van der Waals surface area contributed by atoms with Gasteiger partial charge >= 0.3 is 5.97 Å². The molecule has 0 aliphatic rings. The standard InChI is InChI=1S/C25H25N3O4S/c1-28(2)20-11-7-17(8-12-20)18-9-13-21(14-10-18)33(31,32)27-24(25(29)30)15-19-16-26-23-6-4-3-5-22(19)23/h3-14,16,24,26-27H,15H2,1-2H3,(H,29,30)/t24-/m1/s1. The summed E-state index contributed by atoms with van der Waals surface area (Å²) in [5.74, 6) is -1.23. The molecule has 1 atom stereocenters. The molecule has 0 saturated heterocycles. The van der Waals surface area contributed by atoms with Crippen LogP contribution < -0.4 is 9.62 Å². The van der Waals surface area contributed by atoms with E-state index in [4.69, 9.17) is 0 Å². The number of hydrogen-bond acceptors (Lipinski definition) is 4. The van der Waals surface area contributed by atoms with E-state index in [1.807, 2.05) is 67.5 Å². The molecule has 170 valence electrons. The van der Waals surface area contributed by atoms with Gasteiger partial charge in [-0.05, 0) is 47.0 Å². The highest BCUT2D eigenvalue weighted by Crippen LogP contribution is 2.24. The van der Waals surface area contributed by atoms with Crippen molar-refractivity contribution < 1.29 is 18.3 Å². The number of anilines is 1. The summed E-state index contributed by atoms with van der Waals surface area (Å²) in [6, 6.07) is 20.5. The van der Waals surface area contributed by atoms with Gasteiger partial charge in [-0.1, -0.05) is 42.5 Å². The number of rotatable bonds is 8. The molecule has 8 heteroatoms. The largest absolute Gasteiger partial charge is 0.480 e. The number of hydrogen-bond donors (Lipinski definition) is 3. The number of aromatic amines is 1. The summed E-state index contributed by atoms with van der Waals surface area (Å²) in [7, 11) is -0.0998. The second kappa shape index (κ2) is 9.09. The van der Waals surface area contributed by atoms with Gasteiger partial charge in [-0.3, -0.25) is 4.79 Å². The number of aliphatic carboxylic acids is 1. The maximum atomic E-state index is 12.9. The summed E-state index contributed by atoms with van der Waals surface area (Å²) in [6.07, 6.45) is 1.74. The van der Waals surface area contributed by atoms with Crippen LogP contribution in [0.5, 0.6) is 0 Å². The number of para-hydroxylation sites is 1. The molecule has 0 aliphatic carbocycles. The van der Waals surface area contributed by atoms with E-state index in [-0.39, 0.29) is 11.3 Å². The second-order valence-corrected chi connectivity index (χ2v) is 9.76. The van der Waals surface area contributed by atoms with E-state index in [2.05, 4.69) is 9.71 Å². The van der Waals surface area contributed by atoms with Crippen LogP contribution in [0, 0.1) is 0 Å². The van der Waals surface area contributed by atoms with Crippen molar-refractivity contribution in [3.63, 3.8) is 0 Å². The molecule has 4 rings (SSSR count). The first-order valence-electron chi connectivity index (χ1n) is 10.4. The van der Waals surface area contributed by atoms with Crippen molar-refractivity contribution in [2.75, 3.05) is 19.0 Å². The van der Waals surface area contributed by atoms with Gasteiger partial charge in [0.05, 0.1) is 4.90 Å². The van der Waals surface area contributed by atoms with E-state index in [0.29, 0.717) is 0 Å². The fourth-order valence-corrected chi connectivity index (χ4v) is 4.92. The van der Waals surface area contributed by atoms with E-state index < -0.39 is 22.0 Å². The van der Waals surface area contributed by atoms with Crippen LogP contribution in [-0.4, -0.2) is 44.6 Å². The molecule has 1 aromatic heterocycles. The molecule has 0 amide bonds. The minimum absolute atomic E-state index is 0.0151. The van der Waals surface area contributed by atoms with Crippen molar-refractivity contribution in [1.82, 2.24) is 9.71 Å². The molecule has 0 saturated carbocycles. The Bertz CT molecular complexity index is 1380. The molecule has 0 spiro atoms. The van der Waals surface area contributed by atoms with Crippen LogP contribution in [0.15, 0.2) is 83.9 Å². The van der Waals surface area contributed by atoms with Crippen LogP contribution in [-0.2, 0) is 21.2 Å². The fourth-order valence-electron chi connectivity index (χ4n) is 3.73. The molecule has 33 heavy (non-hydrogen) atoms. The quantitative estimate of drug-likeness (QED) is 0.368. The molecule has 3 N–H and O–H groups in total. The Balaban J connectivity index is 1.53. The maximum Gasteiger partial charge on any atom is 0.322 e. The van der Waals surface area contributed by atoms with Crippen LogP contribution in [0.2, 0.25) is 0 Å². The van der Waals surface area contributed by atoms with E-state index in [1.165, 1.54) is 12.1 Å². The Morgan fingerprint density at radius 3 is 2.18 bits per heavy atom. The minimum atomic E-state index is -4.03. The number of sulfonamides is 1. The van der Waals surface area contributed by atoms with Crippen molar-refractivity contribution in [1.29, 1.82) is 0 Å². The summed E-state index contributed by atoms with van der Waals surface area (Å²) >= 11 is 0. The number of nitrogens with zero attached hydrogens (tertiary/aromatic N) is 1. The third kappa shape index (κ3) is 4.92. The fraction of sp³-hybridized carbons (Fsp3) is 0.160. The van der Waals surface area contributed by atoms with Gasteiger partial charge in [0.25, 0.3) is 0 Å². The molecule has 0 fully saturated rings. The normalized spacial score (nSPS) is 12.5. The summed E-state index contributed by atoms with van der Waals surface area (Å²) < 4.78 is 28.2. The van der Waals surface area contributed by atoms with Gasteiger partial charge < -0.3 is 15.0 Å². The topological polar surface area (TPSA) is 103 Å². The Hall–Kier alpha value is -3.62. The number of carboxylic acids is 1. The van der Waals surface area contributed by atoms with Gasteiger partial charge in [0.1, 0.15) is 6.04 Å². The van der Waals surface area contributed by atoms with Crippen LogP contribution in [0.4, 0.5) is 5.69 Å². The smallest absolute Gasteiger partial charge is 0.322 e. The molecule has 1 heterocycles. The van der Waals surface area contributed by atoms with Crippen LogP contribution >= 0.6 is 0 Å². The molecule has 4 aromatic rings. The number of fused-ring (bicyclic) bond motifs is 1. The molecular weight excluding hydrogens is 438 g/mol. The monoisotopic (exact) mass is 463 g/mol. The predicted octanol–water partition coefficient (Wildman–Crippen LogP) is 3.88. The van der Waals surface area contributed by atoms with Gasteiger partial charge in [-0.25, -0.2) is 8.42 Å². The summed E-state index contributed by atoms with van der Waals surface area (Å²) in [5.41, 5.74) is 4.50. The van der Waals surface area contributed by atoms with Crippen molar-refractivity contribution >= 4 is 32.6 Å². The molecule has 0 aliphatic heterocycles. The number of aromatic nitrogens is 1. The number of carbonyl (C=O) groups is 1. The average molecular weight is 464 g/mol. The van der Waals surface area contributed by atoms with Crippen LogP contribution in [0.3, 0.4) is 0 Å². The Kier molecular flexibility index (Phi) is 6.22. The molecular formula is C25H25N3O4S. The number of H-pyrrole nitrogens is 1. The minimum Gasteiger partial charge on any atom is -0.480 e. The van der Waals surface area contributed by atoms with E-state index in [9.17, 15) is 18.3 Å². The Morgan fingerprint density at radius 2 is 1.58 bits per heavy atom. The number of nitrogens with one attached hydrogen (secondary N) is 2.